The van der Waals surface area contributed by atoms with Gasteiger partial charge in [-0.2, -0.15) is 0 Å². The van der Waals surface area contributed by atoms with Crippen molar-refractivity contribution in [3.8, 4) is 0 Å². The van der Waals surface area contributed by atoms with Gasteiger partial charge >= 0.3 is 0 Å². The highest BCUT2D eigenvalue weighted by molar-refractivity contribution is 5.89. The fraction of sp³-hybridized carbons (Fsp3) is 0.913. The average molecular weight is 593 g/mol. The third kappa shape index (κ3) is 6.74. The number of aliphatic hydroxyl groups is 5. The van der Waals surface area contributed by atoms with Crippen LogP contribution in [-0.4, -0.2) is 142 Å². The van der Waals surface area contributed by atoms with Crippen molar-refractivity contribution >= 4 is 11.9 Å². The Labute approximate surface area is 236 Å². The molecule has 4 aliphatic rings. The number of nitrogens with one attached hydrogen (secondary N) is 3. The van der Waals surface area contributed by atoms with Crippen LogP contribution in [0.2, 0.25) is 0 Å². The van der Waals surface area contributed by atoms with Crippen molar-refractivity contribution in [2.75, 3.05) is 13.2 Å². The van der Waals surface area contributed by atoms with Gasteiger partial charge in [0, 0.05) is 25.0 Å². The maximum atomic E-state index is 12.8. The van der Waals surface area contributed by atoms with E-state index in [9.17, 15) is 30.3 Å². The molecule has 0 radical (unpaired) electrons. The molecule has 2 saturated heterocycles. The topological polar surface area (TPSA) is 333 Å². The normalized spacial score (nSPS) is 48.3. The zero-order valence-electron chi connectivity index (χ0n) is 22.5. The van der Waals surface area contributed by atoms with Crippen LogP contribution >= 0.6 is 0 Å². The smallest absolute Gasteiger partial charge is 0.253 e. The number of carbonyl (C=O) groups excluding carboxylic acids is 1. The predicted octanol–water partition coefficient (Wildman–Crippen LogP) is -7.12. The van der Waals surface area contributed by atoms with Crippen molar-refractivity contribution in [2.45, 2.75) is 117 Å². The van der Waals surface area contributed by atoms with Gasteiger partial charge in [-0.3, -0.25) is 10.2 Å². The first-order valence-electron chi connectivity index (χ1n) is 13.7. The molecule has 4 fully saturated rings. The van der Waals surface area contributed by atoms with Gasteiger partial charge in [-0.1, -0.05) is 0 Å². The average Bonchev–Trinajstić information content (AvgIpc) is 3.56. The Bertz CT molecular complexity index is 937. The highest BCUT2D eigenvalue weighted by atomic mass is 16.7. The molecule has 18 nitrogen and oxygen atoms in total. The SMILES string of the molecule is N=C(N)N[C@@H]1CC[C@@H](CN)O[C@@H]1OC1[C@@H](N)C[C@@H](NC(=O)C2(O)CC2N)[C@H](O[C@H]2O[C@H](CO)[C@@H](O)[C@H](N)[C@H]2O)[C@H]1O. The van der Waals surface area contributed by atoms with Crippen LogP contribution in [0, 0.1) is 5.41 Å². The number of hydrogen-bond donors (Lipinski definition) is 13. The van der Waals surface area contributed by atoms with Crippen molar-refractivity contribution in [1.82, 2.24) is 10.6 Å². The molecule has 15 atom stereocenters. The molecule has 18 N–H and O–H groups in total. The van der Waals surface area contributed by atoms with Gasteiger partial charge in [0.1, 0.15) is 36.6 Å². The van der Waals surface area contributed by atoms with E-state index in [0.29, 0.717) is 12.8 Å². The van der Waals surface area contributed by atoms with E-state index in [4.69, 9.17) is 53.0 Å². The van der Waals surface area contributed by atoms with Crippen LogP contribution in [0.25, 0.3) is 0 Å². The molecular weight excluding hydrogens is 548 g/mol. The van der Waals surface area contributed by atoms with Crippen LogP contribution in [0.15, 0.2) is 0 Å². The van der Waals surface area contributed by atoms with Crippen LogP contribution in [0.4, 0.5) is 0 Å². The van der Waals surface area contributed by atoms with E-state index >= 15 is 0 Å². The number of hydrogen-bond acceptors (Lipinski definition) is 15. The first-order valence-corrected chi connectivity index (χ1v) is 13.7. The largest absolute Gasteiger partial charge is 0.394 e. The van der Waals surface area contributed by atoms with Gasteiger partial charge < -0.3 is 83.8 Å². The van der Waals surface area contributed by atoms with Crippen molar-refractivity contribution in [2.24, 2.45) is 28.7 Å². The second-order valence-corrected chi connectivity index (χ2v) is 11.3. The van der Waals surface area contributed by atoms with E-state index in [1.807, 2.05) is 0 Å². The molecule has 2 saturated carbocycles. The van der Waals surface area contributed by atoms with E-state index in [0.717, 1.165) is 0 Å². The summed E-state index contributed by atoms with van der Waals surface area (Å²) in [5, 5.41) is 65.4. The third-order valence-corrected chi connectivity index (χ3v) is 8.29. The Hall–Kier alpha value is -1.78. The molecule has 0 aromatic heterocycles. The number of ether oxygens (including phenoxy) is 4. The van der Waals surface area contributed by atoms with Crippen molar-refractivity contribution < 1.29 is 49.3 Å². The lowest BCUT2D eigenvalue weighted by molar-refractivity contribution is -0.314. The van der Waals surface area contributed by atoms with Gasteiger partial charge in [-0.25, -0.2) is 0 Å². The highest BCUT2D eigenvalue weighted by Gasteiger charge is 2.59. The van der Waals surface area contributed by atoms with Gasteiger partial charge in [0.25, 0.3) is 5.91 Å². The molecule has 1 amide bonds. The van der Waals surface area contributed by atoms with Gasteiger partial charge in [-0.05, 0) is 19.3 Å². The molecule has 0 bridgehead atoms. The Morgan fingerprint density at radius 3 is 2.22 bits per heavy atom. The van der Waals surface area contributed by atoms with E-state index in [1.165, 1.54) is 0 Å². The Morgan fingerprint density at radius 1 is 0.976 bits per heavy atom. The van der Waals surface area contributed by atoms with Crippen molar-refractivity contribution in [1.29, 1.82) is 5.41 Å². The van der Waals surface area contributed by atoms with Crippen LogP contribution in [0.1, 0.15) is 25.7 Å². The number of amides is 1. The summed E-state index contributed by atoms with van der Waals surface area (Å²) in [6.07, 6.45) is -10.1. The minimum absolute atomic E-state index is 0.0256. The summed E-state index contributed by atoms with van der Waals surface area (Å²) in [6.45, 7) is -0.436. The van der Waals surface area contributed by atoms with E-state index in [1.54, 1.807) is 0 Å². The summed E-state index contributed by atoms with van der Waals surface area (Å²) in [7, 11) is 0. The van der Waals surface area contributed by atoms with E-state index in [-0.39, 0.29) is 31.4 Å². The van der Waals surface area contributed by atoms with Crippen molar-refractivity contribution in [3.63, 3.8) is 0 Å². The summed E-state index contributed by atoms with van der Waals surface area (Å²) < 4.78 is 23.6. The minimum Gasteiger partial charge on any atom is -0.394 e. The lowest BCUT2D eigenvalue weighted by Gasteiger charge is -2.48. The molecule has 18 heteroatoms. The molecule has 2 aliphatic heterocycles. The molecule has 4 rings (SSSR count). The molecule has 2 aliphatic carbocycles. The van der Waals surface area contributed by atoms with E-state index in [2.05, 4.69) is 10.6 Å². The van der Waals surface area contributed by atoms with E-state index < -0.39 is 97.5 Å². The molecule has 41 heavy (non-hydrogen) atoms. The summed E-state index contributed by atoms with van der Waals surface area (Å²) in [6, 6.07) is -4.51. The van der Waals surface area contributed by atoms with Gasteiger partial charge in [0.15, 0.2) is 24.1 Å². The Morgan fingerprint density at radius 2 is 1.63 bits per heavy atom. The lowest BCUT2D eigenvalue weighted by atomic mass is 9.83. The predicted molar refractivity (Wildman–Crippen MR) is 139 cm³/mol. The first kappa shape index (κ1) is 32.1. The second kappa shape index (κ2) is 12.8. The van der Waals surface area contributed by atoms with Crippen LogP contribution in [-0.2, 0) is 23.7 Å². The second-order valence-electron chi connectivity index (χ2n) is 11.3. The zero-order chi connectivity index (χ0) is 30.2. The third-order valence-electron chi connectivity index (χ3n) is 8.29. The quantitative estimate of drug-likeness (QED) is 0.0873. The summed E-state index contributed by atoms with van der Waals surface area (Å²) >= 11 is 0. The molecule has 0 aromatic rings. The molecule has 2 heterocycles. The van der Waals surface area contributed by atoms with Crippen LogP contribution < -0.4 is 39.3 Å². The van der Waals surface area contributed by atoms with Crippen LogP contribution in [0.5, 0.6) is 0 Å². The van der Waals surface area contributed by atoms with Gasteiger partial charge in [0.2, 0.25) is 0 Å². The first-order chi connectivity index (χ1) is 19.3. The molecule has 3 unspecified atom stereocenters. The highest BCUT2D eigenvalue weighted by Crippen LogP contribution is 2.36. The lowest BCUT2D eigenvalue weighted by Crippen LogP contribution is -2.69. The Kier molecular flexibility index (Phi) is 10.1. The monoisotopic (exact) mass is 592 g/mol. The molecule has 236 valence electrons. The summed E-state index contributed by atoms with van der Waals surface area (Å²) in [5.41, 5.74) is 27.6. The fourth-order valence-corrected chi connectivity index (χ4v) is 5.60. The van der Waals surface area contributed by atoms with Crippen molar-refractivity contribution in [3.05, 3.63) is 0 Å². The number of aliphatic hydroxyl groups excluding tert-OH is 4. The molecular formula is C23H44N8O10. The van der Waals surface area contributed by atoms with Gasteiger partial charge in [-0.15, -0.1) is 0 Å². The number of guanidine groups is 1. The maximum absolute atomic E-state index is 12.8. The molecule has 0 spiro atoms. The Balaban J connectivity index is 1.57. The number of rotatable bonds is 9. The summed E-state index contributed by atoms with van der Waals surface area (Å²) in [5.74, 6) is -1.10. The fourth-order valence-electron chi connectivity index (χ4n) is 5.60. The number of carbonyl (C=O) groups is 1. The minimum atomic E-state index is -1.79. The standard InChI is InChI=1S/C23H44N8O10/c24-5-7-1-2-9(31-22(28)29)19(38-7)40-17-8(25)3-10(30-21(36)23(37)4-12(23)26)18(16(17)35)41-20-15(34)13(27)14(33)11(6-32)39-20/h7-20,32-35,37H,1-6,24-27H2,(H,30,36)(H4,28,29,31)/t7-,8-,9+,10+,11+,12?,13-,14+,15+,16-,17?,18-,19+,20+,23?/m0/s1. The van der Waals surface area contributed by atoms with Gasteiger partial charge in [0.05, 0.1) is 30.8 Å². The maximum Gasteiger partial charge on any atom is 0.253 e. The zero-order valence-corrected chi connectivity index (χ0v) is 22.5. The number of nitrogens with two attached hydrogens (primary N) is 5. The van der Waals surface area contributed by atoms with Crippen LogP contribution in [0.3, 0.4) is 0 Å². The summed E-state index contributed by atoms with van der Waals surface area (Å²) in [4.78, 5) is 12.8. The molecule has 0 aromatic carbocycles.